The van der Waals surface area contributed by atoms with Crippen molar-refractivity contribution < 1.29 is 9.90 Å². The number of piperidine rings is 2. The van der Waals surface area contributed by atoms with Crippen molar-refractivity contribution >= 4 is 17.0 Å². The first-order valence-corrected chi connectivity index (χ1v) is 10.4. The Hall–Kier alpha value is -2.08. The molecular formula is C22H32N4O2. The third-order valence-corrected chi connectivity index (χ3v) is 6.38. The first-order chi connectivity index (χ1) is 13.2. The maximum atomic E-state index is 11.8. The van der Waals surface area contributed by atoms with Crippen molar-refractivity contribution in [3.05, 3.63) is 30.0 Å². The fraction of sp³-hybridized carbons (Fsp3) is 0.636. The zero-order valence-electron chi connectivity index (χ0n) is 17.4. The van der Waals surface area contributed by atoms with Gasteiger partial charge in [0.15, 0.2) is 0 Å². The summed E-state index contributed by atoms with van der Waals surface area (Å²) in [6.45, 7) is 9.50. The fourth-order valence-corrected chi connectivity index (χ4v) is 5.26. The molecule has 6 heteroatoms. The average Bonchev–Trinajstić information content (AvgIpc) is 3.03. The van der Waals surface area contributed by atoms with E-state index < -0.39 is 6.09 Å². The van der Waals surface area contributed by atoms with Crippen molar-refractivity contribution in [2.24, 2.45) is 11.3 Å². The molecule has 28 heavy (non-hydrogen) atoms. The number of likely N-dealkylation sites (tertiary alicyclic amines) is 2. The number of likely N-dealkylation sites (N-methyl/N-ethyl adjacent to an activating group) is 1. The van der Waals surface area contributed by atoms with E-state index in [-0.39, 0.29) is 11.5 Å². The van der Waals surface area contributed by atoms with Crippen LogP contribution in [0.3, 0.4) is 0 Å². The summed E-state index contributed by atoms with van der Waals surface area (Å²) >= 11 is 0. The van der Waals surface area contributed by atoms with Crippen molar-refractivity contribution in [1.29, 1.82) is 0 Å². The summed E-state index contributed by atoms with van der Waals surface area (Å²) in [5, 5.41) is 15.7. The molecule has 6 nitrogen and oxygen atoms in total. The zero-order chi connectivity index (χ0) is 20.1. The van der Waals surface area contributed by atoms with E-state index >= 15 is 0 Å². The average molecular weight is 385 g/mol. The smallest absolute Gasteiger partial charge is 0.407 e. The van der Waals surface area contributed by atoms with Crippen LogP contribution in [0.1, 0.15) is 57.7 Å². The standard InChI is InChI=1S/C22H32N4O2/c1-15-5-8-20(25(11-15)21(27)28)16-6-7-17-12-26(23-19(17)9-16)18-10-22(2,3)14-24(4)13-18/h6-7,9,12,15,18,20H,5,8,10-11,13-14H2,1-4H3,(H,27,28)/t15-,18-,20+/m0/s1. The van der Waals surface area contributed by atoms with Crippen LogP contribution in [-0.4, -0.2) is 57.5 Å². The minimum Gasteiger partial charge on any atom is -0.465 e. The summed E-state index contributed by atoms with van der Waals surface area (Å²) < 4.78 is 2.13. The molecular weight excluding hydrogens is 352 g/mol. The van der Waals surface area contributed by atoms with E-state index in [9.17, 15) is 9.90 Å². The molecule has 3 atom stereocenters. The van der Waals surface area contributed by atoms with Crippen molar-refractivity contribution in [3.8, 4) is 0 Å². The Morgan fingerprint density at radius 2 is 2.04 bits per heavy atom. The topological polar surface area (TPSA) is 61.6 Å². The van der Waals surface area contributed by atoms with Gasteiger partial charge in [0.05, 0.1) is 17.6 Å². The Kier molecular flexibility index (Phi) is 4.86. The van der Waals surface area contributed by atoms with Crippen molar-refractivity contribution in [2.75, 3.05) is 26.7 Å². The number of fused-ring (bicyclic) bond motifs is 1. The van der Waals surface area contributed by atoms with Crippen LogP contribution in [0.4, 0.5) is 4.79 Å². The highest BCUT2D eigenvalue weighted by Gasteiger charge is 2.33. The molecule has 2 saturated heterocycles. The summed E-state index contributed by atoms with van der Waals surface area (Å²) in [4.78, 5) is 15.7. The van der Waals surface area contributed by atoms with Crippen LogP contribution < -0.4 is 0 Å². The van der Waals surface area contributed by atoms with Gasteiger partial charge in [0, 0.05) is 31.2 Å². The summed E-state index contributed by atoms with van der Waals surface area (Å²) in [6.07, 6.45) is 4.38. The monoisotopic (exact) mass is 384 g/mol. The van der Waals surface area contributed by atoms with Crippen LogP contribution in [0.25, 0.3) is 10.9 Å². The van der Waals surface area contributed by atoms with Gasteiger partial charge in [-0.25, -0.2) is 4.79 Å². The Morgan fingerprint density at radius 3 is 2.75 bits per heavy atom. The van der Waals surface area contributed by atoms with Crippen LogP contribution in [0.5, 0.6) is 0 Å². The lowest BCUT2D eigenvalue weighted by atomic mass is 9.82. The highest BCUT2D eigenvalue weighted by molar-refractivity contribution is 5.79. The highest BCUT2D eigenvalue weighted by Crippen LogP contribution is 2.36. The molecule has 3 heterocycles. The number of hydrogen-bond acceptors (Lipinski definition) is 3. The summed E-state index contributed by atoms with van der Waals surface area (Å²) in [6, 6.07) is 6.59. The highest BCUT2D eigenvalue weighted by atomic mass is 16.4. The van der Waals surface area contributed by atoms with Gasteiger partial charge in [-0.2, -0.15) is 5.10 Å². The number of nitrogens with zero attached hydrogens (tertiary/aromatic N) is 4. The van der Waals surface area contributed by atoms with Crippen LogP contribution in [-0.2, 0) is 0 Å². The van der Waals surface area contributed by atoms with E-state index in [0.717, 1.165) is 48.8 Å². The number of benzene rings is 1. The van der Waals surface area contributed by atoms with Crippen LogP contribution in [0.15, 0.2) is 24.4 Å². The summed E-state index contributed by atoms with van der Waals surface area (Å²) in [7, 11) is 2.18. The lowest BCUT2D eigenvalue weighted by Gasteiger charge is -2.40. The summed E-state index contributed by atoms with van der Waals surface area (Å²) in [5.41, 5.74) is 2.31. The third-order valence-electron chi connectivity index (χ3n) is 6.38. The molecule has 0 aliphatic carbocycles. The van der Waals surface area contributed by atoms with Crippen LogP contribution >= 0.6 is 0 Å². The van der Waals surface area contributed by atoms with Gasteiger partial charge in [0.1, 0.15) is 0 Å². The Morgan fingerprint density at radius 1 is 1.25 bits per heavy atom. The largest absolute Gasteiger partial charge is 0.465 e. The van der Waals surface area contributed by atoms with Gasteiger partial charge in [0.2, 0.25) is 0 Å². The predicted molar refractivity (Wildman–Crippen MR) is 111 cm³/mol. The lowest BCUT2D eigenvalue weighted by molar-refractivity contribution is 0.0900. The zero-order valence-corrected chi connectivity index (χ0v) is 17.4. The summed E-state index contributed by atoms with van der Waals surface area (Å²) in [5.74, 6) is 0.418. The van der Waals surface area contributed by atoms with Gasteiger partial charge in [-0.3, -0.25) is 4.68 Å². The fourth-order valence-electron chi connectivity index (χ4n) is 5.26. The van der Waals surface area contributed by atoms with Gasteiger partial charge in [-0.1, -0.05) is 32.9 Å². The van der Waals surface area contributed by atoms with E-state index in [4.69, 9.17) is 5.10 Å². The minimum atomic E-state index is -0.824. The molecule has 1 aromatic carbocycles. The number of carboxylic acid groups (broad SMARTS) is 1. The molecule has 0 unspecified atom stereocenters. The first-order valence-electron chi connectivity index (χ1n) is 10.4. The molecule has 2 fully saturated rings. The molecule has 2 aliphatic rings. The number of aromatic nitrogens is 2. The van der Waals surface area contributed by atoms with Crippen LogP contribution in [0, 0.1) is 11.3 Å². The Labute approximate surface area is 167 Å². The second-order valence-corrected chi connectivity index (χ2v) is 9.78. The maximum Gasteiger partial charge on any atom is 0.407 e. The van der Waals surface area contributed by atoms with Gasteiger partial charge in [0.25, 0.3) is 0 Å². The Bertz CT molecular complexity index is 875. The number of hydrogen-bond donors (Lipinski definition) is 1. The van der Waals surface area contributed by atoms with Gasteiger partial charge < -0.3 is 14.9 Å². The van der Waals surface area contributed by atoms with Crippen molar-refractivity contribution in [3.63, 3.8) is 0 Å². The quantitative estimate of drug-likeness (QED) is 0.834. The third kappa shape index (κ3) is 3.75. The van der Waals surface area contributed by atoms with E-state index in [1.807, 2.05) is 0 Å². The predicted octanol–water partition coefficient (Wildman–Crippen LogP) is 4.39. The number of rotatable bonds is 2. The van der Waals surface area contributed by atoms with Crippen molar-refractivity contribution in [1.82, 2.24) is 19.6 Å². The minimum absolute atomic E-state index is 0.0667. The van der Waals surface area contributed by atoms with E-state index in [1.165, 1.54) is 0 Å². The normalized spacial score (nSPS) is 28.6. The molecule has 1 N–H and O–H groups in total. The SMILES string of the molecule is C[C@H]1CC[C@H](c2ccc3cn([C@@H]4CN(C)CC(C)(C)C4)nc3c2)N(C(=O)O)C1. The molecule has 2 aliphatic heterocycles. The first kappa shape index (κ1) is 19.2. The molecule has 0 spiro atoms. The Balaban J connectivity index is 1.62. The molecule has 0 radical (unpaired) electrons. The second-order valence-electron chi connectivity index (χ2n) is 9.78. The van der Waals surface area contributed by atoms with Gasteiger partial charge in [-0.15, -0.1) is 0 Å². The molecule has 152 valence electrons. The van der Waals surface area contributed by atoms with Gasteiger partial charge in [-0.05, 0) is 49.3 Å². The second kappa shape index (κ2) is 7.07. The molecule has 2 aromatic rings. The molecule has 0 bridgehead atoms. The lowest BCUT2D eigenvalue weighted by Crippen LogP contribution is -2.43. The number of amides is 1. The molecule has 0 saturated carbocycles. The molecule has 4 rings (SSSR count). The molecule has 1 amide bonds. The van der Waals surface area contributed by atoms with Crippen LogP contribution in [0.2, 0.25) is 0 Å². The molecule has 1 aromatic heterocycles. The maximum absolute atomic E-state index is 11.8. The number of carbonyl (C=O) groups is 1. The van der Waals surface area contributed by atoms with E-state index in [2.05, 4.69) is 61.8 Å². The van der Waals surface area contributed by atoms with E-state index in [1.54, 1.807) is 4.90 Å². The van der Waals surface area contributed by atoms with Crippen molar-refractivity contribution in [2.45, 2.75) is 52.1 Å². The van der Waals surface area contributed by atoms with E-state index in [0.29, 0.717) is 18.5 Å². The van der Waals surface area contributed by atoms with Gasteiger partial charge >= 0.3 is 6.09 Å².